The van der Waals surface area contributed by atoms with E-state index in [4.69, 9.17) is 0 Å². The number of nitrogens with one attached hydrogen (secondary N) is 2. The molecular weight excluding hydrogens is 366 g/mol. The van der Waals surface area contributed by atoms with Gasteiger partial charge in [0.1, 0.15) is 12.3 Å². The SMILES string of the molecule is CCC1NC(C)(c2ccc(-c3ccsc3)cc2)C(C=O)N1Nc1ccccc1. The molecule has 2 heterocycles. The van der Waals surface area contributed by atoms with Crippen LogP contribution in [0.4, 0.5) is 5.69 Å². The molecule has 0 radical (unpaired) electrons. The molecule has 2 aromatic carbocycles. The lowest BCUT2D eigenvalue weighted by atomic mass is 9.85. The smallest absolute Gasteiger partial charge is 0.141 e. The highest BCUT2D eigenvalue weighted by atomic mass is 32.1. The Bertz CT molecular complexity index is 911. The molecule has 1 saturated heterocycles. The van der Waals surface area contributed by atoms with Crippen LogP contribution in [0, 0.1) is 0 Å². The van der Waals surface area contributed by atoms with Crippen LogP contribution in [0.3, 0.4) is 0 Å². The molecule has 2 N–H and O–H groups in total. The van der Waals surface area contributed by atoms with Crippen LogP contribution < -0.4 is 10.7 Å². The van der Waals surface area contributed by atoms with E-state index in [1.165, 1.54) is 11.1 Å². The molecule has 1 aromatic heterocycles. The number of carbonyl (C=O) groups excluding carboxylic acids is 1. The Morgan fingerprint density at radius 3 is 2.46 bits per heavy atom. The fraction of sp³-hybridized carbons (Fsp3) is 0.261. The monoisotopic (exact) mass is 391 g/mol. The summed E-state index contributed by atoms with van der Waals surface area (Å²) in [5, 5.41) is 9.98. The highest BCUT2D eigenvalue weighted by Crippen LogP contribution is 2.36. The summed E-state index contributed by atoms with van der Waals surface area (Å²) < 4.78 is 0. The Morgan fingerprint density at radius 1 is 1.11 bits per heavy atom. The molecule has 1 fully saturated rings. The maximum Gasteiger partial charge on any atom is 0.141 e. The van der Waals surface area contributed by atoms with Crippen LogP contribution in [-0.2, 0) is 10.3 Å². The number of rotatable bonds is 6. The average molecular weight is 392 g/mol. The molecule has 0 spiro atoms. The summed E-state index contributed by atoms with van der Waals surface area (Å²) in [6.07, 6.45) is 1.98. The zero-order valence-corrected chi connectivity index (χ0v) is 16.9. The number of thiophene rings is 1. The van der Waals surface area contributed by atoms with Gasteiger partial charge in [0, 0.05) is 5.69 Å². The molecular formula is C23H25N3OS. The van der Waals surface area contributed by atoms with Crippen LogP contribution in [0.1, 0.15) is 25.8 Å². The van der Waals surface area contributed by atoms with Gasteiger partial charge in [-0.25, -0.2) is 0 Å². The van der Waals surface area contributed by atoms with Crippen molar-refractivity contribution in [2.75, 3.05) is 5.43 Å². The number of hydrogen-bond donors (Lipinski definition) is 2. The van der Waals surface area contributed by atoms with Gasteiger partial charge in [0.2, 0.25) is 0 Å². The van der Waals surface area contributed by atoms with Crippen molar-refractivity contribution >= 4 is 23.3 Å². The topological polar surface area (TPSA) is 44.4 Å². The van der Waals surface area contributed by atoms with Crippen molar-refractivity contribution in [3.8, 4) is 11.1 Å². The highest BCUT2D eigenvalue weighted by molar-refractivity contribution is 7.08. The van der Waals surface area contributed by atoms with E-state index in [-0.39, 0.29) is 12.2 Å². The van der Waals surface area contributed by atoms with E-state index in [0.717, 1.165) is 24.0 Å². The molecule has 144 valence electrons. The van der Waals surface area contributed by atoms with E-state index in [0.29, 0.717) is 0 Å². The quantitative estimate of drug-likeness (QED) is 0.589. The van der Waals surface area contributed by atoms with Gasteiger partial charge in [-0.05, 0) is 59.0 Å². The second-order valence-corrected chi connectivity index (χ2v) is 8.11. The van der Waals surface area contributed by atoms with Gasteiger partial charge in [-0.15, -0.1) is 0 Å². The average Bonchev–Trinajstić information content (AvgIpc) is 3.36. The second-order valence-electron chi connectivity index (χ2n) is 7.33. The summed E-state index contributed by atoms with van der Waals surface area (Å²) in [5.41, 5.74) is 7.48. The van der Waals surface area contributed by atoms with E-state index in [2.05, 4.69) is 70.7 Å². The van der Waals surface area contributed by atoms with Crippen LogP contribution >= 0.6 is 11.3 Å². The van der Waals surface area contributed by atoms with E-state index >= 15 is 0 Å². The molecule has 3 unspecified atom stereocenters. The third-order valence-corrected chi connectivity index (χ3v) is 6.26. The molecule has 3 aromatic rings. The molecule has 0 amide bonds. The van der Waals surface area contributed by atoms with Crippen LogP contribution in [0.25, 0.3) is 11.1 Å². The van der Waals surface area contributed by atoms with Crippen molar-refractivity contribution in [3.63, 3.8) is 0 Å². The van der Waals surface area contributed by atoms with E-state index < -0.39 is 5.54 Å². The zero-order chi connectivity index (χ0) is 19.6. The van der Waals surface area contributed by atoms with Crippen LogP contribution in [0.5, 0.6) is 0 Å². The van der Waals surface area contributed by atoms with Crippen molar-refractivity contribution in [1.29, 1.82) is 0 Å². The van der Waals surface area contributed by atoms with Gasteiger partial charge in [-0.3, -0.25) is 5.32 Å². The Hall–Kier alpha value is -2.47. The first-order valence-corrected chi connectivity index (χ1v) is 10.6. The summed E-state index contributed by atoms with van der Waals surface area (Å²) in [5.74, 6) is 0. The lowest BCUT2D eigenvalue weighted by Crippen LogP contribution is -2.47. The van der Waals surface area contributed by atoms with Crippen LogP contribution in [0.2, 0.25) is 0 Å². The van der Waals surface area contributed by atoms with Crippen molar-refractivity contribution in [3.05, 3.63) is 77.0 Å². The molecule has 1 aliphatic heterocycles. The maximum absolute atomic E-state index is 12.2. The minimum atomic E-state index is -0.475. The Morgan fingerprint density at radius 2 is 1.86 bits per heavy atom. The standard InChI is InChI=1S/C23H25N3OS/c1-3-22-24-23(2,19-11-9-17(10-12-19)18-13-14-28-16-18)21(15-27)26(22)25-20-7-5-4-6-8-20/h4-16,21-22,24-25H,3H2,1-2H3. The third-order valence-electron chi connectivity index (χ3n) is 5.58. The predicted octanol–water partition coefficient (Wildman–Crippen LogP) is 4.87. The molecule has 1 aliphatic rings. The fourth-order valence-electron chi connectivity index (χ4n) is 3.97. The van der Waals surface area contributed by atoms with Crippen molar-refractivity contribution < 1.29 is 4.79 Å². The fourth-order valence-corrected chi connectivity index (χ4v) is 4.64. The lowest BCUT2D eigenvalue weighted by Gasteiger charge is -2.32. The molecule has 5 heteroatoms. The van der Waals surface area contributed by atoms with E-state index in [1.807, 2.05) is 30.3 Å². The molecule has 3 atom stereocenters. The molecule has 0 bridgehead atoms. The van der Waals surface area contributed by atoms with Crippen molar-refractivity contribution in [2.45, 2.75) is 38.0 Å². The number of para-hydroxylation sites is 1. The number of nitrogens with zero attached hydrogens (tertiary/aromatic N) is 1. The summed E-state index contributed by atoms with van der Waals surface area (Å²) >= 11 is 1.70. The largest absolute Gasteiger partial charge is 0.317 e. The number of benzene rings is 2. The highest BCUT2D eigenvalue weighted by Gasteiger charge is 2.49. The summed E-state index contributed by atoms with van der Waals surface area (Å²) in [6, 6.07) is 20.3. The van der Waals surface area contributed by atoms with Crippen LogP contribution in [0.15, 0.2) is 71.4 Å². The van der Waals surface area contributed by atoms with Gasteiger partial charge in [0.05, 0.1) is 11.7 Å². The van der Waals surface area contributed by atoms with Gasteiger partial charge in [0.25, 0.3) is 0 Å². The minimum absolute atomic E-state index is 0.0527. The van der Waals surface area contributed by atoms with E-state index in [1.54, 1.807) is 11.3 Å². The molecule has 28 heavy (non-hydrogen) atoms. The Kier molecular flexibility index (Phi) is 5.31. The summed E-state index contributed by atoms with van der Waals surface area (Å²) in [4.78, 5) is 12.2. The Labute approximate surface area is 170 Å². The molecule has 0 saturated carbocycles. The van der Waals surface area contributed by atoms with Gasteiger partial charge in [-0.2, -0.15) is 16.3 Å². The number of carbonyl (C=O) groups is 1. The summed E-state index contributed by atoms with van der Waals surface area (Å²) in [7, 11) is 0. The van der Waals surface area contributed by atoms with Crippen molar-refractivity contribution in [1.82, 2.24) is 10.3 Å². The summed E-state index contributed by atoms with van der Waals surface area (Å²) in [6.45, 7) is 4.24. The van der Waals surface area contributed by atoms with Gasteiger partial charge < -0.3 is 10.2 Å². The molecule has 4 nitrogen and oxygen atoms in total. The van der Waals surface area contributed by atoms with Crippen LogP contribution in [-0.4, -0.2) is 23.5 Å². The molecule has 0 aliphatic carbocycles. The van der Waals surface area contributed by atoms with E-state index in [9.17, 15) is 4.79 Å². The second kappa shape index (κ2) is 7.87. The first-order valence-electron chi connectivity index (χ1n) is 9.62. The van der Waals surface area contributed by atoms with Gasteiger partial charge in [-0.1, -0.05) is 49.4 Å². The minimum Gasteiger partial charge on any atom is -0.317 e. The zero-order valence-electron chi connectivity index (χ0n) is 16.1. The number of anilines is 1. The van der Waals surface area contributed by atoms with Gasteiger partial charge >= 0.3 is 0 Å². The number of hydrogen-bond acceptors (Lipinski definition) is 5. The normalized spacial score (nSPS) is 24.9. The third kappa shape index (κ3) is 3.37. The van der Waals surface area contributed by atoms with Gasteiger partial charge in [0.15, 0.2) is 0 Å². The maximum atomic E-state index is 12.2. The lowest BCUT2D eigenvalue weighted by molar-refractivity contribution is -0.112. The first-order chi connectivity index (χ1) is 13.7. The predicted molar refractivity (Wildman–Crippen MR) is 116 cm³/mol. The number of hydrazine groups is 1. The first kappa shape index (κ1) is 18.9. The Balaban J connectivity index is 1.64. The molecule has 4 rings (SSSR count). The van der Waals surface area contributed by atoms with Crippen molar-refractivity contribution in [2.24, 2.45) is 0 Å². The number of aldehydes is 1.